The van der Waals surface area contributed by atoms with E-state index in [1.54, 1.807) is 0 Å². The monoisotopic (exact) mass is 419 g/mol. The van der Waals surface area contributed by atoms with E-state index < -0.39 is 35.1 Å². The zero-order chi connectivity index (χ0) is 20.8. The van der Waals surface area contributed by atoms with Crippen LogP contribution in [0.1, 0.15) is 12.0 Å². The van der Waals surface area contributed by atoms with Crippen molar-refractivity contribution in [2.75, 3.05) is 13.7 Å². The lowest BCUT2D eigenvalue weighted by Gasteiger charge is -2.17. The van der Waals surface area contributed by atoms with Crippen molar-refractivity contribution in [1.82, 2.24) is 0 Å². The van der Waals surface area contributed by atoms with Crippen molar-refractivity contribution in [3.05, 3.63) is 56.6 Å². The topological polar surface area (TPSA) is 111 Å². The van der Waals surface area contributed by atoms with E-state index in [-0.39, 0.29) is 40.9 Å². The predicted octanol–water partition coefficient (Wildman–Crippen LogP) is 3.19. The van der Waals surface area contributed by atoms with Gasteiger partial charge in [-0.25, -0.2) is 8.78 Å². The normalized spacial score (nSPS) is 11.8. The Labute approximate surface area is 163 Å². The number of ether oxygens (including phenoxy) is 3. The highest BCUT2D eigenvalue weighted by molar-refractivity contribution is 6.32. The molecule has 1 atom stereocenters. The first-order valence-corrected chi connectivity index (χ1v) is 8.23. The number of rotatable bonds is 9. The number of nitro benzene ring substituents is 1. The first-order valence-electron chi connectivity index (χ1n) is 7.85. The van der Waals surface area contributed by atoms with Crippen molar-refractivity contribution in [1.29, 1.82) is 0 Å². The van der Waals surface area contributed by atoms with Crippen LogP contribution in [0.2, 0.25) is 5.02 Å². The second-order valence-corrected chi connectivity index (χ2v) is 5.83. The molecule has 0 spiro atoms. The van der Waals surface area contributed by atoms with Gasteiger partial charge in [0, 0.05) is 19.1 Å². The SMILES string of the molecule is COc1ccc(F)c(F)c1COc1cc([N+](=O)[O-])c(Cl)cc1OC(O)CCO. The summed E-state index contributed by atoms with van der Waals surface area (Å²) >= 11 is 5.83. The Kier molecular flexibility index (Phi) is 7.32. The van der Waals surface area contributed by atoms with E-state index in [0.29, 0.717) is 0 Å². The van der Waals surface area contributed by atoms with Gasteiger partial charge in [-0.3, -0.25) is 10.1 Å². The minimum atomic E-state index is -1.45. The van der Waals surface area contributed by atoms with Gasteiger partial charge in [-0.2, -0.15) is 0 Å². The Balaban J connectivity index is 2.39. The minimum Gasteiger partial charge on any atom is -0.496 e. The summed E-state index contributed by atoms with van der Waals surface area (Å²) in [6, 6.07) is 4.04. The maximum atomic E-state index is 14.1. The fraction of sp³-hybridized carbons (Fsp3) is 0.294. The maximum Gasteiger partial charge on any atom is 0.291 e. The summed E-state index contributed by atoms with van der Waals surface area (Å²) in [6.45, 7) is -0.943. The van der Waals surface area contributed by atoms with Gasteiger partial charge < -0.3 is 24.4 Å². The van der Waals surface area contributed by atoms with Gasteiger partial charge in [0.05, 0.1) is 23.7 Å². The van der Waals surface area contributed by atoms with Gasteiger partial charge in [-0.1, -0.05) is 11.6 Å². The molecule has 2 aromatic carbocycles. The van der Waals surface area contributed by atoms with Crippen molar-refractivity contribution in [2.24, 2.45) is 0 Å². The third-order valence-corrected chi connectivity index (χ3v) is 3.90. The molecule has 0 aliphatic carbocycles. The number of hydrogen-bond donors (Lipinski definition) is 2. The molecule has 0 amide bonds. The fourth-order valence-corrected chi connectivity index (χ4v) is 2.46. The average molecular weight is 420 g/mol. The summed E-state index contributed by atoms with van der Waals surface area (Å²) in [7, 11) is 1.25. The highest BCUT2D eigenvalue weighted by Crippen LogP contribution is 2.39. The summed E-state index contributed by atoms with van der Waals surface area (Å²) in [4.78, 5) is 10.3. The number of methoxy groups -OCH3 is 1. The number of aliphatic hydroxyl groups excluding tert-OH is 2. The smallest absolute Gasteiger partial charge is 0.291 e. The molecule has 1 unspecified atom stereocenters. The third-order valence-electron chi connectivity index (χ3n) is 3.59. The van der Waals surface area contributed by atoms with Gasteiger partial charge in [-0.05, 0) is 12.1 Å². The van der Waals surface area contributed by atoms with E-state index in [2.05, 4.69) is 0 Å². The molecule has 2 aromatic rings. The van der Waals surface area contributed by atoms with E-state index in [1.165, 1.54) is 13.2 Å². The molecule has 8 nitrogen and oxygen atoms in total. The first-order chi connectivity index (χ1) is 13.3. The number of nitrogens with zero attached hydrogens (tertiary/aromatic N) is 1. The lowest BCUT2D eigenvalue weighted by atomic mass is 10.2. The summed E-state index contributed by atoms with van der Waals surface area (Å²) in [5.74, 6) is -2.77. The van der Waals surface area contributed by atoms with E-state index in [1.807, 2.05) is 0 Å². The van der Waals surface area contributed by atoms with Crippen LogP contribution in [0.15, 0.2) is 24.3 Å². The molecule has 0 saturated carbocycles. The number of hydrogen-bond acceptors (Lipinski definition) is 7. The van der Waals surface area contributed by atoms with E-state index in [0.717, 1.165) is 18.2 Å². The van der Waals surface area contributed by atoms with Gasteiger partial charge in [0.15, 0.2) is 29.4 Å². The van der Waals surface area contributed by atoms with Crippen molar-refractivity contribution in [3.63, 3.8) is 0 Å². The van der Waals surface area contributed by atoms with Crippen LogP contribution in [-0.4, -0.2) is 35.1 Å². The van der Waals surface area contributed by atoms with Crippen LogP contribution in [0.3, 0.4) is 0 Å². The first kappa shape index (κ1) is 21.6. The fourth-order valence-electron chi connectivity index (χ4n) is 2.24. The Morgan fingerprint density at radius 3 is 2.57 bits per heavy atom. The van der Waals surface area contributed by atoms with Crippen molar-refractivity contribution in [3.8, 4) is 17.2 Å². The number of nitro groups is 1. The number of aliphatic hydroxyl groups is 2. The van der Waals surface area contributed by atoms with Gasteiger partial charge in [0.25, 0.3) is 5.69 Å². The van der Waals surface area contributed by atoms with E-state index in [9.17, 15) is 24.0 Å². The molecule has 0 bridgehead atoms. The van der Waals surface area contributed by atoms with Crippen LogP contribution >= 0.6 is 11.6 Å². The highest BCUT2D eigenvalue weighted by Gasteiger charge is 2.22. The molecule has 0 aromatic heterocycles. The van der Waals surface area contributed by atoms with Crippen LogP contribution in [-0.2, 0) is 6.61 Å². The molecule has 2 rings (SSSR count). The van der Waals surface area contributed by atoms with E-state index in [4.69, 9.17) is 30.9 Å². The summed E-state index contributed by atoms with van der Waals surface area (Å²) in [5.41, 5.74) is -0.783. The van der Waals surface area contributed by atoms with Gasteiger partial charge in [-0.15, -0.1) is 0 Å². The molecule has 0 aliphatic rings. The zero-order valence-corrected chi connectivity index (χ0v) is 15.3. The second-order valence-electron chi connectivity index (χ2n) is 5.42. The molecule has 0 heterocycles. The number of benzene rings is 2. The third kappa shape index (κ3) is 4.97. The van der Waals surface area contributed by atoms with Crippen LogP contribution < -0.4 is 14.2 Å². The Morgan fingerprint density at radius 1 is 1.25 bits per heavy atom. The Bertz CT molecular complexity index is 866. The lowest BCUT2D eigenvalue weighted by Crippen LogP contribution is -2.17. The van der Waals surface area contributed by atoms with Crippen molar-refractivity contribution in [2.45, 2.75) is 19.3 Å². The van der Waals surface area contributed by atoms with Crippen molar-refractivity contribution >= 4 is 17.3 Å². The number of halogens is 3. The standard InChI is InChI=1S/C17H16ClF2NO7/c1-26-13-3-2-11(19)17(20)9(13)8-27-14-7-12(21(24)25)10(18)6-15(14)28-16(23)4-5-22/h2-3,6-7,16,22-23H,4-5,8H2,1H3. The molecular formula is C17H16ClF2NO7. The quantitative estimate of drug-likeness (QED) is 0.364. The molecule has 152 valence electrons. The highest BCUT2D eigenvalue weighted by atomic mass is 35.5. The molecule has 28 heavy (non-hydrogen) atoms. The largest absolute Gasteiger partial charge is 0.496 e. The average Bonchev–Trinajstić information content (AvgIpc) is 2.64. The lowest BCUT2D eigenvalue weighted by molar-refractivity contribution is -0.384. The van der Waals surface area contributed by atoms with Crippen LogP contribution in [0.25, 0.3) is 0 Å². The van der Waals surface area contributed by atoms with E-state index >= 15 is 0 Å². The second kappa shape index (κ2) is 9.49. The summed E-state index contributed by atoms with van der Waals surface area (Å²) < 4.78 is 43.1. The predicted molar refractivity (Wildman–Crippen MR) is 93.7 cm³/mol. The molecular weight excluding hydrogens is 404 g/mol. The Morgan fingerprint density at radius 2 is 1.96 bits per heavy atom. The molecule has 0 aliphatic heterocycles. The van der Waals surface area contributed by atoms with Gasteiger partial charge in [0.1, 0.15) is 17.4 Å². The summed E-state index contributed by atoms with van der Waals surface area (Å²) in [5, 5.41) is 29.3. The van der Waals surface area contributed by atoms with Gasteiger partial charge in [0.2, 0.25) is 0 Å². The maximum absolute atomic E-state index is 14.1. The zero-order valence-electron chi connectivity index (χ0n) is 14.5. The molecule has 0 saturated heterocycles. The van der Waals surface area contributed by atoms with Crippen LogP contribution in [0, 0.1) is 21.7 Å². The van der Waals surface area contributed by atoms with Gasteiger partial charge >= 0.3 is 0 Å². The summed E-state index contributed by atoms with van der Waals surface area (Å²) in [6.07, 6.45) is -1.61. The molecule has 0 fully saturated rings. The van der Waals surface area contributed by atoms with Crippen LogP contribution in [0.4, 0.5) is 14.5 Å². The Hall–Kier alpha value is -2.69. The van der Waals surface area contributed by atoms with Crippen molar-refractivity contribution < 1.29 is 38.1 Å². The van der Waals surface area contributed by atoms with Crippen LogP contribution in [0.5, 0.6) is 17.2 Å². The molecule has 11 heteroatoms. The minimum absolute atomic E-state index is 0.00477. The molecule has 2 N–H and O–H groups in total. The molecule has 0 radical (unpaired) electrons.